The number of hydrogen-bond acceptors (Lipinski definition) is 4. The van der Waals surface area contributed by atoms with Crippen LogP contribution >= 0.6 is 0 Å². The van der Waals surface area contributed by atoms with Gasteiger partial charge in [-0.2, -0.15) is 0 Å². The van der Waals surface area contributed by atoms with Crippen molar-refractivity contribution in [3.05, 3.63) is 48.0 Å². The molecule has 1 amide bonds. The number of amides is 1. The molecule has 2 aromatic carbocycles. The number of fused-ring (bicyclic) bond motifs is 3. The second-order valence-corrected chi connectivity index (χ2v) is 7.71. The van der Waals surface area contributed by atoms with Gasteiger partial charge >= 0.3 is 6.09 Å². The highest BCUT2D eigenvalue weighted by atomic mass is 16.6. The van der Waals surface area contributed by atoms with Gasteiger partial charge in [-0.3, -0.25) is 0 Å². The molecule has 0 saturated heterocycles. The van der Waals surface area contributed by atoms with Crippen LogP contribution in [0.25, 0.3) is 21.8 Å². The fourth-order valence-electron chi connectivity index (χ4n) is 3.07. The molecule has 0 radical (unpaired) electrons. The summed E-state index contributed by atoms with van der Waals surface area (Å²) in [6.07, 6.45) is -2.36. The summed E-state index contributed by atoms with van der Waals surface area (Å²) < 4.78 is 5.15. The van der Waals surface area contributed by atoms with E-state index in [1.807, 2.05) is 36.4 Å². The highest BCUT2D eigenvalue weighted by Crippen LogP contribution is 2.29. The minimum atomic E-state index is -1.04. The van der Waals surface area contributed by atoms with E-state index in [-0.39, 0.29) is 13.0 Å². The van der Waals surface area contributed by atoms with Gasteiger partial charge in [-0.05, 0) is 51.0 Å². The van der Waals surface area contributed by atoms with Gasteiger partial charge in [0.2, 0.25) is 0 Å². The number of rotatable bonds is 5. The van der Waals surface area contributed by atoms with Crippen molar-refractivity contribution in [2.24, 2.45) is 0 Å². The third-order valence-corrected chi connectivity index (χ3v) is 4.34. The number of carbonyl (C=O) groups excluding carboxylic acids is 1. The molecule has 3 aromatic rings. The molecule has 27 heavy (non-hydrogen) atoms. The second-order valence-electron chi connectivity index (χ2n) is 7.71. The van der Waals surface area contributed by atoms with Crippen LogP contribution < -0.4 is 5.32 Å². The van der Waals surface area contributed by atoms with Crippen LogP contribution in [0.15, 0.2) is 42.5 Å². The van der Waals surface area contributed by atoms with Crippen LogP contribution in [0.2, 0.25) is 0 Å². The Kier molecular flexibility index (Phi) is 5.39. The number of alkyl carbamates (subject to hydrolysis) is 1. The highest BCUT2D eigenvalue weighted by molar-refractivity contribution is 6.07. The van der Waals surface area contributed by atoms with Crippen molar-refractivity contribution in [2.75, 3.05) is 6.54 Å². The van der Waals surface area contributed by atoms with Crippen molar-refractivity contribution in [2.45, 2.75) is 45.0 Å². The first-order chi connectivity index (χ1) is 12.7. The summed E-state index contributed by atoms with van der Waals surface area (Å²) in [7, 11) is 0. The average molecular weight is 370 g/mol. The lowest BCUT2D eigenvalue weighted by atomic mass is 10.00. The number of para-hydroxylation sites is 1. The monoisotopic (exact) mass is 370 g/mol. The standard InChI is InChI=1S/C21H26N2O4/c1-21(2,3)27-20(26)22-11-10-18(24)19(25)13-8-9-17-15(12-13)14-6-4-5-7-16(14)23-17/h4-9,12,18-19,23-25H,10-11H2,1-3H3,(H,22,26). The first-order valence-corrected chi connectivity index (χ1v) is 9.08. The van der Waals surface area contributed by atoms with Crippen molar-refractivity contribution in [1.29, 1.82) is 0 Å². The number of aromatic amines is 1. The van der Waals surface area contributed by atoms with Crippen molar-refractivity contribution in [3.63, 3.8) is 0 Å². The van der Waals surface area contributed by atoms with Gasteiger partial charge in [-0.15, -0.1) is 0 Å². The zero-order chi connectivity index (χ0) is 19.6. The van der Waals surface area contributed by atoms with Crippen molar-refractivity contribution in [3.8, 4) is 0 Å². The van der Waals surface area contributed by atoms with Gasteiger partial charge in [0.25, 0.3) is 0 Å². The summed E-state index contributed by atoms with van der Waals surface area (Å²) in [5.74, 6) is 0. The second kappa shape index (κ2) is 7.58. The molecule has 0 saturated carbocycles. The number of aromatic nitrogens is 1. The molecule has 0 bridgehead atoms. The minimum Gasteiger partial charge on any atom is -0.444 e. The van der Waals surface area contributed by atoms with Crippen LogP contribution in [-0.4, -0.2) is 39.5 Å². The number of hydrogen-bond donors (Lipinski definition) is 4. The van der Waals surface area contributed by atoms with Crippen molar-refractivity contribution in [1.82, 2.24) is 10.3 Å². The molecule has 3 rings (SSSR count). The molecule has 0 aliphatic carbocycles. The van der Waals surface area contributed by atoms with Crippen LogP contribution in [0.3, 0.4) is 0 Å². The number of carbonyl (C=O) groups is 1. The number of benzene rings is 2. The van der Waals surface area contributed by atoms with E-state index in [4.69, 9.17) is 4.74 Å². The molecule has 6 nitrogen and oxygen atoms in total. The molecule has 4 N–H and O–H groups in total. The Morgan fingerprint density at radius 1 is 1.11 bits per heavy atom. The van der Waals surface area contributed by atoms with Gasteiger partial charge in [0.15, 0.2) is 0 Å². The molecule has 1 aromatic heterocycles. The highest BCUT2D eigenvalue weighted by Gasteiger charge is 2.20. The minimum absolute atomic E-state index is 0.211. The van der Waals surface area contributed by atoms with Gasteiger partial charge in [0.1, 0.15) is 11.7 Å². The normalized spacial score (nSPS) is 14.3. The van der Waals surface area contributed by atoms with E-state index in [1.165, 1.54) is 0 Å². The molecule has 0 fully saturated rings. The number of nitrogens with one attached hydrogen (secondary N) is 2. The molecule has 144 valence electrons. The molecule has 2 unspecified atom stereocenters. The first-order valence-electron chi connectivity index (χ1n) is 9.08. The van der Waals surface area contributed by atoms with Gasteiger partial charge < -0.3 is 25.3 Å². The predicted molar refractivity (Wildman–Crippen MR) is 106 cm³/mol. The van der Waals surface area contributed by atoms with Crippen molar-refractivity contribution >= 4 is 27.9 Å². The zero-order valence-electron chi connectivity index (χ0n) is 15.8. The average Bonchev–Trinajstić information content (AvgIpc) is 2.97. The van der Waals surface area contributed by atoms with Gasteiger partial charge in [-0.25, -0.2) is 4.79 Å². The molecule has 0 aliphatic heterocycles. The number of H-pyrrole nitrogens is 1. The molecular weight excluding hydrogens is 344 g/mol. The number of aliphatic hydroxyl groups excluding tert-OH is 2. The van der Waals surface area contributed by atoms with E-state index < -0.39 is 23.9 Å². The Hall–Kier alpha value is -2.57. The fraction of sp³-hybridized carbons (Fsp3) is 0.381. The van der Waals surface area contributed by atoms with Crippen molar-refractivity contribution < 1.29 is 19.7 Å². The topological polar surface area (TPSA) is 94.6 Å². The quantitative estimate of drug-likeness (QED) is 0.552. The summed E-state index contributed by atoms with van der Waals surface area (Å²) in [5, 5.41) is 25.5. The maximum Gasteiger partial charge on any atom is 0.407 e. The molecule has 1 heterocycles. The fourth-order valence-corrected chi connectivity index (χ4v) is 3.07. The van der Waals surface area contributed by atoms with E-state index in [0.29, 0.717) is 5.56 Å². The summed E-state index contributed by atoms with van der Waals surface area (Å²) in [4.78, 5) is 15.0. The summed E-state index contributed by atoms with van der Waals surface area (Å²) in [6, 6.07) is 13.6. The van der Waals surface area contributed by atoms with Gasteiger partial charge in [-0.1, -0.05) is 24.3 Å². The predicted octanol–water partition coefficient (Wildman–Crippen LogP) is 3.63. The molecule has 6 heteroatoms. The third kappa shape index (κ3) is 4.59. The third-order valence-electron chi connectivity index (χ3n) is 4.34. The SMILES string of the molecule is CC(C)(C)OC(=O)NCCC(O)C(O)c1ccc2[nH]c3ccccc3c2c1. The Morgan fingerprint density at radius 3 is 2.56 bits per heavy atom. The number of aliphatic hydroxyl groups is 2. The lowest BCUT2D eigenvalue weighted by molar-refractivity contribution is 0.0124. The van der Waals surface area contributed by atoms with Crippen LogP contribution in [0, 0.1) is 0 Å². The van der Waals surface area contributed by atoms with E-state index in [9.17, 15) is 15.0 Å². The van der Waals surface area contributed by atoms with Crippen LogP contribution in [-0.2, 0) is 4.74 Å². The largest absolute Gasteiger partial charge is 0.444 e. The summed E-state index contributed by atoms with van der Waals surface area (Å²) in [5.41, 5.74) is 2.07. The van der Waals surface area contributed by atoms with E-state index in [0.717, 1.165) is 21.8 Å². The lowest BCUT2D eigenvalue weighted by Gasteiger charge is -2.21. The molecule has 0 spiro atoms. The lowest BCUT2D eigenvalue weighted by Crippen LogP contribution is -2.34. The Labute approximate surface area is 158 Å². The smallest absolute Gasteiger partial charge is 0.407 e. The van der Waals surface area contributed by atoms with Crippen LogP contribution in [0.1, 0.15) is 38.9 Å². The summed E-state index contributed by atoms with van der Waals surface area (Å²) >= 11 is 0. The van der Waals surface area contributed by atoms with Crippen LogP contribution in [0.5, 0.6) is 0 Å². The Bertz CT molecular complexity index is 942. The van der Waals surface area contributed by atoms with Gasteiger partial charge in [0, 0.05) is 28.4 Å². The molecular formula is C21H26N2O4. The maximum absolute atomic E-state index is 11.6. The maximum atomic E-state index is 11.6. The zero-order valence-corrected chi connectivity index (χ0v) is 15.8. The van der Waals surface area contributed by atoms with E-state index >= 15 is 0 Å². The van der Waals surface area contributed by atoms with E-state index in [1.54, 1.807) is 26.8 Å². The summed E-state index contributed by atoms with van der Waals surface area (Å²) in [6.45, 7) is 5.56. The van der Waals surface area contributed by atoms with Gasteiger partial charge in [0.05, 0.1) is 6.10 Å². The van der Waals surface area contributed by atoms with E-state index in [2.05, 4.69) is 10.3 Å². The molecule has 0 aliphatic rings. The first kappa shape index (κ1) is 19.2. The molecule has 2 atom stereocenters. The number of ether oxygens (including phenoxy) is 1. The Balaban J connectivity index is 1.65. The Morgan fingerprint density at radius 2 is 1.81 bits per heavy atom. The van der Waals surface area contributed by atoms with Crippen LogP contribution in [0.4, 0.5) is 4.79 Å².